The van der Waals surface area contributed by atoms with Gasteiger partial charge in [0.2, 0.25) is 0 Å². The minimum Gasteiger partial charge on any atom is -0.361 e. The van der Waals surface area contributed by atoms with Crippen LogP contribution in [0.25, 0.3) is 0 Å². The van der Waals surface area contributed by atoms with Crippen molar-refractivity contribution in [2.24, 2.45) is 0 Å². The topological polar surface area (TPSA) is 90.8 Å². The maximum Gasteiger partial charge on any atom is 0.278 e. The molecule has 0 atom stereocenters. The lowest BCUT2D eigenvalue weighted by atomic mass is 10.1. The number of nitrogens with one attached hydrogen (secondary N) is 1. The van der Waals surface area contributed by atoms with Gasteiger partial charge in [0, 0.05) is 15.6 Å². The SMILES string of the molecule is Cc1nn(Cc2c(C(=O)Nc3c(C)nn(Cc4ccc(Cl)cc4Cl)c3C)noc2C)c(C)c1Cl. The summed E-state index contributed by atoms with van der Waals surface area (Å²) < 4.78 is 8.86. The second-order valence-corrected chi connectivity index (χ2v) is 9.32. The maximum atomic E-state index is 13.2. The standard InChI is InChI=1S/C23H23Cl3N6O2/c1-11-20(26)13(3)32(28-11)10-18-15(5)34-30-22(18)23(33)27-21-12(2)29-31(14(21)4)9-16-6-7-17(24)8-19(16)25/h6-8H,9-10H2,1-5H3,(H,27,33). The van der Waals surface area contributed by atoms with Gasteiger partial charge in [-0.1, -0.05) is 46.0 Å². The van der Waals surface area contributed by atoms with Crippen molar-refractivity contribution in [2.75, 3.05) is 5.32 Å². The third-order valence-corrected chi connectivity index (χ3v) is 6.89. The summed E-state index contributed by atoms with van der Waals surface area (Å²) in [5.41, 5.74) is 5.28. The van der Waals surface area contributed by atoms with Crippen LogP contribution in [-0.4, -0.2) is 30.6 Å². The lowest BCUT2D eigenvalue weighted by Crippen LogP contribution is -2.17. The second-order valence-electron chi connectivity index (χ2n) is 8.10. The van der Waals surface area contributed by atoms with Gasteiger partial charge in [-0.2, -0.15) is 10.2 Å². The Bertz CT molecular complexity index is 1400. The Morgan fingerprint density at radius 2 is 1.65 bits per heavy atom. The van der Waals surface area contributed by atoms with Crippen LogP contribution < -0.4 is 5.32 Å². The molecule has 0 saturated heterocycles. The first-order valence-corrected chi connectivity index (χ1v) is 11.6. The number of amides is 1. The average molecular weight is 522 g/mol. The highest BCUT2D eigenvalue weighted by molar-refractivity contribution is 6.35. The number of hydrogen-bond donors (Lipinski definition) is 1. The number of rotatable bonds is 6. The summed E-state index contributed by atoms with van der Waals surface area (Å²) in [6.07, 6.45) is 0. The number of hydrogen-bond acceptors (Lipinski definition) is 5. The van der Waals surface area contributed by atoms with E-state index in [1.807, 2.05) is 33.8 Å². The summed E-state index contributed by atoms with van der Waals surface area (Å²) >= 11 is 18.6. The fraction of sp³-hybridized carbons (Fsp3) is 0.304. The molecule has 0 bridgehead atoms. The van der Waals surface area contributed by atoms with Gasteiger partial charge in [-0.3, -0.25) is 14.2 Å². The van der Waals surface area contributed by atoms with Gasteiger partial charge < -0.3 is 9.84 Å². The number of carbonyl (C=O) groups is 1. The van der Waals surface area contributed by atoms with Crippen molar-refractivity contribution in [2.45, 2.75) is 47.7 Å². The van der Waals surface area contributed by atoms with Crippen LogP contribution in [0, 0.1) is 34.6 Å². The highest BCUT2D eigenvalue weighted by Crippen LogP contribution is 2.27. The van der Waals surface area contributed by atoms with Gasteiger partial charge in [0.05, 0.1) is 46.6 Å². The lowest BCUT2D eigenvalue weighted by Gasteiger charge is -2.09. The van der Waals surface area contributed by atoms with Crippen LogP contribution in [0.3, 0.4) is 0 Å². The quantitative estimate of drug-likeness (QED) is 0.340. The molecule has 0 unspecified atom stereocenters. The second kappa shape index (κ2) is 9.44. The molecule has 4 aromatic rings. The van der Waals surface area contributed by atoms with Crippen molar-refractivity contribution >= 4 is 46.4 Å². The van der Waals surface area contributed by atoms with Gasteiger partial charge in [-0.25, -0.2) is 0 Å². The molecule has 1 aromatic carbocycles. The van der Waals surface area contributed by atoms with Gasteiger partial charge in [-0.15, -0.1) is 0 Å². The number of carbonyl (C=O) groups excluding carboxylic acids is 1. The monoisotopic (exact) mass is 520 g/mol. The predicted molar refractivity (Wildman–Crippen MR) is 132 cm³/mol. The van der Waals surface area contributed by atoms with E-state index in [0.29, 0.717) is 50.9 Å². The maximum absolute atomic E-state index is 13.2. The van der Waals surface area contributed by atoms with Gasteiger partial charge in [0.15, 0.2) is 5.69 Å². The first kappa shape index (κ1) is 24.3. The van der Waals surface area contributed by atoms with Crippen LogP contribution in [0.1, 0.15) is 50.2 Å². The minimum atomic E-state index is -0.394. The molecule has 34 heavy (non-hydrogen) atoms. The highest BCUT2D eigenvalue weighted by atomic mass is 35.5. The van der Waals surface area contributed by atoms with E-state index in [9.17, 15) is 4.79 Å². The predicted octanol–water partition coefficient (Wildman–Crippen LogP) is 5.92. The normalized spacial score (nSPS) is 11.3. The van der Waals surface area contributed by atoms with Gasteiger partial charge >= 0.3 is 0 Å². The molecule has 1 amide bonds. The smallest absolute Gasteiger partial charge is 0.278 e. The number of benzene rings is 1. The third-order valence-electron chi connectivity index (χ3n) is 5.76. The van der Waals surface area contributed by atoms with Crippen molar-refractivity contribution in [1.82, 2.24) is 24.7 Å². The van der Waals surface area contributed by atoms with Crippen molar-refractivity contribution in [3.8, 4) is 0 Å². The van der Waals surface area contributed by atoms with Crippen molar-refractivity contribution < 1.29 is 9.32 Å². The van der Waals surface area contributed by atoms with E-state index in [-0.39, 0.29) is 5.69 Å². The minimum absolute atomic E-state index is 0.188. The third kappa shape index (κ3) is 4.58. The van der Waals surface area contributed by atoms with Gasteiger partial charge in [0.25, 0.3) is 5.91 Å². The fourth-order valence-electron chi connectivity index (χ4n) is 3.75. The zero-order chi connectivity index (χ0) is 24.7. The molecule has 0 spiro atoms. The van der Waals surface area contributed by atoms with E-state index >= 15 is 0 Å². The van der Waals surface area contributed by atoms with E-state index in [1.165, 1.54) is 0 Å². The first-order chi connectivity index (χ1) is 16.1. The summed E-state index contributed by atoms with van der Waals surface area (Å²) in [5, 5.41) is 17.7. The van der Waals surface area contributed by atoms with Crippen molar-refractivity contribution in [3.63, 3.8) is 0 Å². The van der Waals surface area contributed by atoms with Crippen molar-refractivity contribution in [1.29, 1.82) is 0 Å². The zero-order valence-electron chi connectivity index (χ0n) is 19.3. The summed E-state index contributed by atoms with van der Waals surface area (Å²) in [7, 11) is 0. The average Bonchev–Trinajstić information content (AvgIpc) is 3.36. The number of halogens is 3. The molecule has 0 aliphatic carbocycles. The van der Waals surface area contributed by atoms with Crippen molar-refractivity contribution in [3.05, 3.63) is 78.6 Å². The molecule has 178 valence electrons. The Morgan fingerprint density at radius 1 is 0.971 bits per heavy atom. The Hall–Kier alpha value is -2.81. The van der Waals surface area contributed by atoms with Gasteiger partial charge in [0.1, 0.15) is 5.76 Å². The Morgan fingerprint density at radius 3 is 2.29 bits per heavy atom. The molecule has 11 heteroatoms. The molecule has 0 saturated carbocycles. The summed E-state index contributed by atoms with van der Waals surface area (Å²) in [4.78, 5) is 13.2. The van der Waals surface area contributed by atoms with Crippen LogP contribution >= 0.6 is 34.8 Å². The fourth-order valence-corrected chi connectivity index (χ4v) is 4.35. The molecule has 3 aromatic heterocycles. The lowest BCUT2D eigenvalue weighted by molar-refractivity contribution is 0.101. The largest absolute Gasteiger partial charge is 0.361 e. The molecule has 0 aliphatic rings. The first-order valence-electron chi connectivity index (χ1n) is 10.5. The highest BCUT2D eigenvalue weighted by Gasteiger charge is 2.24. The van der Waals surface area contributed by atoms with E-state index in [0.717, 1.165) is 22.6 Å². The Labute approximate surface area is 211 Å². The summed E-state index contributed by atoms with van der Waals surface area (Å²) in [5.74, 6) is 0.144. The molecule has 0 aliphatic heterocycles. The molecule has 4 rings (SSSR count). The van der Waals surface area contributed by atoms with E-state index < -0.39 is 5.91 Å². The number of aryl methyl sites for hydroxylation is 3. The molecule has 0 radical (unpaired) electrons. The Balaban J connectivity index is 1.59. The van der Waals surface area contributed by atoms with Crippen LogP contribution in [0.4, 0.5) is 5.69 Å². The summed E-state index contributed by atoms with van der Waals surface area (Å²) in [6.45, 7) is 9.92. The molecule has 1 N–H and O–H groups in total. The molecule has 0 fully saturated rings. The number of nitrogens with zero attached hydrogens (tertiary/aromatic N) is 5. The molecular formula is C23H23Cl3N6O2. The number of aromatic nitrogens is 5. The molecular weight excluding hydrogens is 499 g/mol. The van der Waals surface area contributed by atoms with Crippen LogP contribution in [0.15, 0.2) is 22.7 Å². The molecule has 3 heterocycles. The van der Waals surface area contributed by atoms with E-state index in [2.05, 4.69) is 20.7 Å². The van der Waals surface area contributed by atoms with Crippen LogP contribution in [0.2, 0.25) is 15.1 Å². The van der Waals surface area contributed by atoms with Crippen LogP contribution in [-0.2, 0) is 13.1 Å². The van der Waals surface area contributed by atoms with E-state index in [4.69, 9.17) is 39.3 Å². The Kier molecular flexibility index (Phi) is 6.75. The summed E-state index contributed by atoms with van der Waals surface area (Å²) in [6, 6.07) is 5.33. The van der Waals surface area contributed by atoms with Crippen LogP contribution in [0.5, 0.6) is 0 Å². The zero-order valence-corrected chi connectivity index (χ0v) is 21.6. The molecule has 8 nitrogen and oxygen atoms in total. The van der Waals surface area contributed by atoms with E-state index in [1.54, 1.807) is 28.4 Å². The van der Waals surface area contributed by atoms with Gasteiger partial charge in [-0.05, 0) is 52.3 Å². The number of anilines is 1.